The quantitative estimate of drug-likeness (QED) is 0.0616. The molecule has 0 fully saturated rings. The number of hydrogen-bond donors (Lipinski definition) is 1. The Morgan fingerprint density at radius 3 is 0.235 bits per heavy atom. The van der Waals surface area contributed by atoms with Crippen LogP contribution in [0.4, 0.5) is 0 Å². The summed E-state index contributed by atoms with van der Waals surface area (Å²) in [7, 11) is 0. The van der Waals surface area contributed by atoms with Crippen LogP contribution in [-0.4, -0.2) is 11.1 Å². The van der Waals surface area contributed by atoms with Crippen molar-refractivity contribution in [2.45, 2.75) is 636 Å². The smallest absolute Gasteiger partial charge is 0.303 e. The minimum absolute atomic E-state index is 0.347. The van der Waals surface area contributed by atoms with E-state index in [1.54, 1.807) is 0 Å². The first kappa shape index (κ1) is 101. The van der Waals surface area contributed by atoms with E-state index in [-0.39, 0.29) is 0 Å². The average molecular weight is 1430 g/mol. The summed E-state index contributed by atoms with van der Waals surface area (Å²) < 4.78 is 0. The van der Waals surface area contributed by atoms with Crippen molar-refractivity contribution in [3.63, 3.8) is 0 Å². The van der Waals surface area contributed by atoms with Gasteiger partial charge in [-0.05, 0) is 6.42 Å². The van der Waals surface area contributed by atoms with E-state index in [1.807, 2.05) is 0 Å². The van der Waals surface area contributed by atoms with Crippen molar-refractivity contribution in [3.8, 4) is 0 Å². The third-order valence-corrected chi connectivity index (χ3v) is 24.5. The van der Waals surface area contributed by atoms with E-state index in [0.717, 1.165) is 12.8 Å². The first-order valence-electron chi connectivity index (χ1n) is 50.0. The average Bonchev–Trinajstić information content (AvgIpc) is 3.66. The summed E-state index contributed by atoms with van der Waals surface area (Å²) in [6.45, 7) is 2.32. The third kappa shape index (κ3) is 99.5. The van der Waals surface area contributed by atoms with Crippen molar-refractivity contribution in [3.05, 3.63) is 0 Å². The number of unbranched alkanes of at least 4 members (excludes halogenated alkanes) is 96. The molecule has 0 bridgehead atoms. The van der Waals surface area contributed by atoms with Crippen LogP contribution < -0.4 is 0 Å². The molecule has 0 radical (unpaired) electrons. The molecule has 0 heterocycles. The van der Waals surface area contributed by atoms with Crippen LogP contribution in [0.5, 0.6) is 0 Å². The highest BCUT2D eigenvalue weighted by atomic mass is 16.4. The van der Waals surface area contributed by atoms with Crippen LogP contribution in [0.3, 0.4) is 0 Å². The van der Waals surface area contributed by atoms with Crippen LogP contribution in [0.25, 0.3) is 0 Å². The summed E-state index contributed by atoms with van der Waals surface area (Å²) in [5.41, 5.74) is 0. The first-order valence-corrected chi connectivity index (χ1v) is 50.0. The molecule has 2 nitrogen and oxygen atoms in total. The van der Waals surface area contributed by atoms with Crippen molar-refractivity contribution in [2.24, 2.45) is 0 Å². The topological polar surface area (TPSA) is 37.3 Å². The number of carbonyl (C=O) groups is 1. The van der Waals surface area contributed by atoms with Gasteiger partial charge in [-0.25, -0.2) is 0 Å². The van der Waals surface area contributed by atoms with Crippen LogP contribution in [0.2, 0.25) is 0 Å². The van der Waals surface area contributed by atoms with Gasteiger partial charge in [-0.2, -0.15) is 0 Å². The summed E-state index contributed by atoms with van der Waals surface area (Å²) in [5, 5.41) is 8.71. The van der Waals surface area contributed by atoms with Gasteiger partial charge in [0.05, 0.1) is 0 Å². The lowest BCUT2D eigenvalue weighted by Gasteiger charge is -2.05. The number of rotatable bonds is 98. The lowest BCUT2D eigenvalue weighted by atomic mass is 10.0. The Hall–Kier alpha value is -0.530. The molecule has 0 atom stereocenters. The van der Waals surface area contributed by atoms with Crippen LogP contribution in [0.1, 0.15) is 636 Å². The minimum Gasteiger partial charge on any atom is -0.481 e. The zero-order chi connectivity index (χ0) is 72.9. The zero-order valence-corrected chi connectivity index (χ0v) is 71.7. The first-order chi connectivity index (χ1) is 50.8. The van der Waals surface area contributed by atoms with Crippen molar-refractivity contribution in [1.82, 2.24) is 0 Å². The van der Waals surface area contributed by atoms with E-state index < -0.39 is 5.97 Å². The van der Waals surface area contributed by atoms with Gasteiger partial charge in [-0.3, -0.25) is 4.79 Å². The van der Waals surface area contributed by atoms with Crippen LogP contribution in [0.15, 0.2) is 0 Å². The Balaban J connectivity index is 3.09. The van der Waals surface area contributed by atoms with Gasteiger partial charge in [-0.1, -0.05) is 623 Å². The van der Waals surface area contributed by atoms with Crippen molar-refractivity contribution >= 4 is 5.97 Å². The van der Waals surface area contributed by atoms with Gasteiger partial charge in [0.2, 0.25) is 0 Å². The van der Waals surface area contributed by atoms with Gasteiger partial charge in [0.25, 0.3) is 0 Å². The summed E-state index contributed by atoms with van der Waals surface area (Å²) in [6.07, 6.45) is 143. The number of hydrogen-bond acceptors (Lipinski definition) is 1. The summed E-state index contributed by atoms with van der Waals surface area (Å²) in [5.74, 6) is -0.644. The molecule has 0 spiro atoms. The molecule has 0 aliphatic heterocycles. The molecule has 0 aromatic rings. The van der Waals surface area contributed by atoms with E-state index >= 15 is 0 Å². The lowest BCUT2D eigenvalue weighted by Crippen LogP contribution is -1.93. The van der Waals surface area contributed by atoms with E-state index in [9.17, 15) is 4.79 Å². The van der Waals surface area contributed by atoms with E-state index in [4.69, 9.17) is 5.11 Å². The molecule has 0 unspecified atom stereocenters. The SMILES string of the molecule is CCCCCCCCCCCCCCCCCCCCCCCCCCCCCCCCCCCCCCCCCCCCCCCCCCCCCCCCCCCCCCCCCCCCCCCCCCCCCCCCCCCCCCCCCCCCCCCCCCCC(=O)O. The fraction of sp³-hybridized carbons (Fsp3) is 0.990. The van der Waals surface area contributed by atoms with E-state index in [1.165, 1.54) is 610 Å². The van der Waals surface area contributed by atoms with Crippen LogP contribution in [0, 0.1) is 0 Å². The van der Waals surface area contributed by atoms with Crippen molar-refractivity contribution in [1.29, 1.82) is 0 Å². The predicted molar refractivity (Wildman–Crippen MR) is 466 cm³/mol. The molecule has 1 N–H and O–H groups in total. The molecule has 0 aromatic heterocycles. The van der Waals surface area contributed by atoms with Gasteiger partial charge in [-0.15, -0.1) is 0 Å². The Kier molecular flexibility index (Phi) is 98.0. The molecule has 0 aliphatic rings. The van der Waals surface area contributed by atoms with E-state index in [2.05, 4.69) is 6.92 Å². The van der Waals surface area contributed by atoms with Crippen LogP contribution >= 0.6 is 0 Å². The molecule has 0 saturated heterocycles. The maximum Gasteiger partial charge on any atom is 0.303 e. The lowest BCUT2D eigenvalue weighted by molar-refractivity contribution is -0.137. The predicted octanol–water partition coefficient (Wildman–Crippen LogP) is 38.3. The molecule has 0 aromatic carbocycles. The molecule has 2 heteroatoms. The van der Waals surface area contributed by atoms with Gasteiger partial charge in [0, 0.05) is 6.42 Å². The molecule has 0 aliphatic carbocycles. The molecule has 0 saturated carbocycles. The Bertz CT molecular complexity index is 1400. The summed E-state index contributed by atoms with van der Waals surface area (Å²) >= 11 is 0. The summed E-state index contributed by atoms with van der Waals surface area (Å²) in [4.78, 5) is 10.6. The maximum absolute atomic E-state index is 10.6. The van der Waals surface area contributed by atoms with Gasteiger partial charge in [0.1, 0.15) is 0 Å². The van der Waals surface area contributed by atoms with Gasteiger partial charge in [0.15, 0.2) is 0 Å². The van der Waals surface area contributed by atoms with Crippen molar-refractivity contribution in [2.75, 3.05) is 0 Å². The highest BCUT2D eigenvalue weighted by Crippen LogP contribution is 2.24. The monoisotopic (exact) mass is 1430 g/mol. The second kappa shape index (κ2) is 98.5. The third-order valence-electron chi connectivity index (χ3n) is 24.5. The molecule has 102 heavy (non-hydrogen) atoms. The number of carboxylic acid groups (broad SMARTS) is 1. The highest BCUT2D eigenvalue weighted by molar-refractivity contribution is 5.66. The minimum atomic E-state index is -0.644. The second-order valence-electron chi connectivity index (χ2n) is 35.1. The molecular weight excluding hydrogens is 1230 g/mol. The normalized spacial score (nSPS) is 11.8. The zero-order valence-electron chi connectivity index (χ0n) is 71.7. The fourth-order valence-corrected chi connectivity index (χ4v) is 17.1. The van der Waals surface area contributed by atoms with Gasteiger partial charge < -0.3 is 5.11 Å². The number of aliphatic carboxylic acids is 1. The molecular formula is C100H200O2. The van der Waals surface area contributed by atoms with Crippen LogP contribution in [-0.2, 0) is 4.79 Å². The molecule has 0 amide bonds. The number of carboxylic acids is 1. The fourth-order valence-electron chi connectivity index (χ4n) is 17.1. The largest absolute Gasteiger partial charge is 0.481 e. The molecule has 0 rings (SSSR count). The Morgan fingerprint density at radius 2 is 0.176 bits per heavy atom. The second-order valence-corrected chi connectivity index (χ2v) is 35.1. The Labute approximate surface area is 648 Å². The maximum atomic E-state index is 10.6. The standard InChI is InChI=1S/C100H200O2/c1-2-3-4-5-6-7-8-9-10-11-12-13-14-15-16-17-18-19-20-21-22-23-24-25-26-27-28-29-30-31-32-33-34-35-36-37-38-39-40-41-42-43-44-45-46-47-48-49-50-51-52-53-54-55-56-57-58-59-60-61-62-63-64-65-66-67-68-69-70-71-72-73-74-75-76-77-78-79-80-81-82-83-84-85-86-87-88-89-90-91-92-93-94-95-96-97-98-99-100(101)102/h2-99H2,1H3,(H,101,102). The van der Waals surface area contributed by atoms with Gasteiger partial charge >= 0.3 is 5.97 Å². The van der Waals surface area contributed by atoms with E-state index in [0.29, 0.717) is 6.42 Å². The molecule has 612 valence electrons. The summed E-state index contributed by atoms with van der Waals surface area (Å²) in [6, 6.07) is 0. The van der Waals surface area contributed by atoms with Crippen molar-refractivity contribution < 1.29 is 9.90 Å². The highest BCUT2D eigenvalue weighted by Gasteiger charge is 2.04. The Morgan fingerprint density at radius 1 is 0.118 bits per heavy atom.